The fraction of sp³-hybridized carbons (Fsp3) is 0.182. The van der Waals surface area contributed by atoms with E-state index in [9.17, 15) is 22.8 Å². The summed E-state index contributed by atoms with van der Waals surface area (Å²) in [7, 11) is 1.57. The molecule has 0 aliphatic heterocycles. The zero-order valence-electron chi connectivity index (χ0n) is 17.1. The molecule has 0 spiro atoms. The smallest absolute Gasteiger partial charge is 0.416 e. The topological polar surface area (TPSA) is 78.5 Å². The van der Waals surface area contributed by atoms with Crippen molar-refractivity contribution in [2.75, 3.05) is 0 Å². The minimum Gasteiger partial charge on any atom is -0.454 e. The van der Waals surface area contributed by atoms with Crippen molar-refractivity contribution in [1.29, 1.82) is 0 Å². The molecular formula is C22H17F3N4O3. The number of ether oxygens (including phenoxy) is 1. The first-order chi connectivity index (χ1) is 15.1. The van der Waals surface area contributed by atoms with E-state index in [1.54, 1.807) is 23.6 Å². The maximum absolute atomic E-state index is 12.8. The lowest BCUT2D eigenvalue weighted by atomic mass is 10.1. The molecule has 0 fully saturated rings. The van der Waals surface area contributed by atoms with Crippen molar-refractivity contribution < 1.29 is 22.7 Å². The number of hydrogen-bond acceptors (Lipinski definition) is 5. The maximum atomic E-state index is 12.8. The number of hydrogen-bond donors (Lipinski definition) is 0. The minimum absolute atomic E-state index is 0.209. The number of halogens is 3. The Morgan fingerprint density at radius 2 is 1.94 bits per heavy atom. The van der Waals surface area contributed by atoms with Crippen LogP contribution in [0.2, 0.25) is 0 Å². The molecule has 2 heterocycles. The standard InChI is InChI=1S/C22H17F3N4O3/c1-13-6-8-17-16(10-13)20(31)28(2)21-27-26-18(29(17)21)12-32-19(30)9-7-14-4-3-5-15(11-14)22(23,24)25/h3-11H,12H2,1-2H3. The van der Waals surface area contributed by atoms with Gasteiger partial charge in [0.25, 0.3) is 5.56 Å². The summed E-state index contributed by atoms with van der Waals surface area (Å²) < 4.78 is 46.6. The van der Waals surface area contributed by atoms with Gasteiger partial charge >= 0.3 is 12.1 Å². The number of carbonyl (C=O) groups excluding carboxylic acids is 1. The summed E-state index contributed by atoms with van der Waals surface area (Å²) >= 11 is 0. The van der Waals surface area contributed by atoms with E-state index in [2.05, 4.69) is 10.2 Å². The molecule has 7 nitrogen and oxygen atoms in total. The molecule has 0 saturated heterocycles. The van der Waals surface area contributed by atoms with Crippen LogP contribution >= 0.6 is 0 Å². The van der Waals surface area contributed by atoms with Crippen LogP contribution in [0.4, 0.5) is 13.2 Å². The van der Waals surface area contributed by atoms with Crippen LogP contribution in [-0.4, -0.2) is 25.1 Å². The van der Waals surface area contributed by atoms with E-state index >= 15 is 0 Å². The molecule has 4 aromatic rings. The Bertz CT molecular complexity index is 1430. The molecule has 0 saturated carbocycles. The molecule has 32 heavy (non-hydrogen) atoms. The van der Waals surface area contributed by atoms with Gasteiger partial charge in [-0.25, -0.2) is 4.79 Å². The molecule has 10 heteroatoms. The zero-order valence-corrected chi connectivity index (χ0v) is 17.1. The van der Waals surface area contributed by atoms with Gasteiger partial charge in [0.05, 0.1) is 16.5 Å². The summed E-state index contributed by atoms with van der Waals surface area (Å²) in [6, 6.07) is 9.95. The third-order valence-electron chi connectivity index (χ3n) is 4.91. The van der Waals surface area contributed by atoms with E-state index in [0.29, 0.717) is 16.7 Å². The predicted molar refractivity (Wildman–Crippen MR) is 111 cm³/mol. The summed E-state index contributed by atoms with van der Waals surface area (Å²) in [5.41, 5.74) is 0.659. The molecule has 0 aliphatic rings. The van der Waals surface area contributed by atoms with Crippen molar-refractivity contribution in [2.24, 2.45) is 7.05 Å². The van der Waals surface area contributed by atoms with Gasteiger partial charge in [0.2, 0.25) is 5.78 Å². The van der Waals surface area contributed by atoms with Crippen molar-refractivity contribution in [1.82, 2.24) is 19.2 Å². The van der Waals surface area contributed by atoms with Crippen LogP contribution in [0.25, 0.3) is 22.8 Å². The molecule has 0 radical (unpaired) electrons. The Morgan fingerprint density at radius 1 is 1.16 bits per heavy atom. The van der Waals surface area contributed by atoms with Gasteiger partial charge in [-0.2, -0.15) is 13.2 Å². The highest BCUT2D eigenvalue weighted by Gasteiger charge is 2.30. The lowest BCUT2D eigenvalue weighted by Gasteiger charge is -2.08. The Morgan fingerprint density at radius 3 is 2.69 bits per heavy atom. The normalized spacial score (nSPS) is 12.2. The first-order valence-electron chi connectivity index (χ1n) is 9.50. The van der Waals surface area contributed by atoms with E-state index in [0.717, 1.165) is 23.8 Å². The van der Waals surface area contributed by atoms with Gasteiger partial charge in [0, 0.05) is 13.1 Å². The highest BCUT2D eigenvalue weighted by Crippen LogP contribution is 2.29. The summed E-state index contributed by atoms with van der Waals surface area (Å²) in [5, 5.41) is 8.51. The lowest BCUT2D eigenvalue weighted by molar-refractivity contribution is -0.139. The molecule has 0 unspecified atom stereocenters. The van der Waals surface area contributed by atoms with Crippen molar-refractivity contribution in [3.63, 3.8) is 0 Å². The highest BCUT2D eigenvalue weighted by molar-refractivity contribution is 5.87. The number of nitrogens with zero attached hydrogens (tertiary/aromatic N) is 4. The van der Waals surface area contributed by atoms with Crippen LogP contribution in [0, 0.1) is 6.92 Å². The number of fused-ring (bicyclic) bond motifs is 3. The van der Waals surface area contributed by atoms with Gasteiger partial charge < -0.3 is 4.74 Å². The summed E-state index contributed by atoms with van der Waals surface area (Å²) in [4.78, 5) is 24.7. The number of benzene rings is 2. The number of alkyl halides is 3. The predicted octanol–water partition coefficient (Wildman–Crippen LogP) is 3.67. The number of aryl methyl sites for hydroxylation is 2. The summed E-state index contributed by atoms with van der Waals surface area (Å²) in [5.74, 6) is -0.175. The third-order valence-corrected chi connectivity index (χ3v) is 4.91. The van der Waals surface area contributed by atoms with Crippen LogP contribution in [0.3, 0.4) is 0 Å². The Kier molecular flexibility index (Phi) is 5.29. The van der Waals surface area contributed by atoms with Gasteiger partial charge in [-0.15, -0.1) is 10.2 Å². The van der Waals surface area contributed by atoms with Crippen LogP contribution in [0.1, 0.15) is 22.5 Å². The molecule has 2 aromatic heterocycles. The Hall–Kier alpha value is -3.95. The fourth-order valence-electron chi connectivity index (χ4n) is 3.32. The molecule has 2 aromatic carbocycles. The quantitative estimate of drug-likeness (QED) is 0.356. The third kappa shape index (κ3) is 3.98. The van der Waals surface area contributed by atoms with Gasteiger partial charge in [-0.3, -0.25) is 13.8 Å². The van der Waals surface area contributed by atoms with Crippen LogP contribution in [-0.2, 0) is 29.4 Å². The Labute approximate surface area is 179 Å². The number of rotatable bonds is 4. The average Bonchev–Trinajstić information content (AvgIpc) is 3.18. The molecule has 164 valence electrons. The van der Waals surface area contributed by atoms with E-state index in [1.807, 2.05) is 13.0 Å². The van der Waals surface area contributed by atoms with Crippen molar-refractivity contribution in [3.05, 3.63) is 81.4 Å². The molecule has 0 bridgehead atoms. The minimum atomic E-state index is -4.47. The first kappa shape index (κ1) is 21.3. The second kappa shape index (κ2) is 7.95. The number of esters is 1. The lowest BCUT2D eigenvalue weighted by Crippen LogP contribution is -2.20. The summed E-state index contributed by atoms with van der Waals surface area (Å²) in [6.07, 6.45) is -2.20. The van der Waals surface area contributed by atoms with Gasteiger partial charge in [-0.1, -0.05) is 23.8 Å². The van der Waals surface area contributed by atoms with Gasteiger partial charge in [-0.05, 0) is 42.8 Å². The molecule has 0 amide bonds. The maximum Gasteiger partial charge on any atom is 0.416 e. The molecule has 4 rings (SSSR count). The zero-order chi connectivity index (χ0) is 23.0. The fourth-order valence-corrected chi connectivity index (χ4v) is 3.32. The van der Waals surface area contributed by atoms with Gasteiger partial charge in [0.1, 0.15) is 0 Å². The monoisotopic (exact) mass is 442 g/mol. The van der Waals surface area contributed by atoms with Gasteiger partial charge in [0.15, 0.2) is 12.4 Å². The SMILES string of the molecule is Cc1ccc2c(c1)c(=O)n(C)c1nnc(COC(=O)C=Cc3cccc(C(F)(F)F)c3)n21. The highest BCUT2D eigenvalue weighted by atomic mass is 19.4. The molecule has 0 atom stereocenters. The average molecular weight is 442 g/mol. The van der Waals surface area contributed by atoms with E-state index < -0.39 is 17.7 Å². The number of aromatic nitrogens is 4. The van der Waals surface area contributed by atoms with Crippen molar-refractivity contribution in [3.8, 4) is 0 Å². The first-order valence-corrected chi connectivity index (χ1v) is 9.50. The van der Waals surface area contributed by atoms with Crippen LogP contribution in [0.5, 0.6) is 0 Å². The molecule has 0 aliphatic carbocycles. The largest absolute Gasteiger partial charge is 0.454 e. The van der Waals surface area contributed by atoms with Crippen LogP contribution < -0.4 is 5.56 Å². The van der Waals surface area contributed by atoms with Crippen LogP contribution in [0.15, 0.2) is 53.3 Å². The number of carbonyl (C=O) groups is 1. The molecular weight excluding hydrogens is 425 g/mol. The Balaban J connectivity index is 1.57. The second-order valence-corrected chi connectivity index (χ2v) is 7.20. The second-order valence-electron chi connectivity index (χ2n) is 7.20. The molecule has 0 N–H and O–H groups in total. The van der Waals surface area contributed by atoms with Crippen molar-refractivity contribution >= 4 is 28.7 Å². The van der Waals surface area contributed by atoms with E-state index in [4.69, 9.17) is 4.74 Å². The van der Waals surface area contributed by atoms with Crippen molar-refractivity contribution in [2.45, 2.75) is 19.7 Å². The summed E-state index contributed by atoms with van der Waals surface area (Å²) in [6.45, 7) is 1.63. The van der Waals surface area contributed by atoms with E-state index in [1.165, 1.54) is 22.8 Å². The van der Waals surface area contributed by atoms with E-state index in [-0.39, 0.29) is 23.5 Å².